The third kappa shape index (κ3) is 2.59. The first-order chi connectivity index (χ1) is 8.61. The van der Waals surface area contributed by atoms with E-state index in [-0.39, 0.29) is 11.7 Å². The van der Waals surface area contributed by atoms with Gasteiger partial charge in [-0.05, 0) is 50.2 Å². The minimum Gasteiger partial charge on any atom is -0.426 e. The van der Waals surface area contributed by atoms with Crippen molar-refractivity contribution in [1.29, 1.82) is 0 Å². The summed E-state index contributed by atoms with van der Waals surface area (Å²) in [4.78, 5) is 11.1. The number of carbonyl (C=O) groups is 1. The smallest absolute Gasteiger partial charge is 0.321 e. The van der Waals surface area contributed by atoms with Gasteiger partial charge in [0.25, 0.3) is 0 Å². The first-order valence-corrected chi connectivity index (χ1v) is 6.32. The summed E-state index contributed by atoms with van der Waals surface area (Å²) in [7, 11) is 0. The van der Waals surface area contributed by atoms with Crippen LogP contribution >= 0.6 is 12.6 Å². The van der Waals surface area contributed by atoms with Gasteiger partial charge in [-0.1, -0.05) is 0 Å². The predicted molar refractivity (Wildman–Crippen MR) is 74.7 cm³/mol. The van der Waals surface area contributed by atoms with Crippen LogP contribution in [0.5, 0.6) is 5.75 Å². The summed E-state index contributed by atoms with van der Waals surface area (Å²) >= 11 is 3.86. The Bertz CT molecular complexity index is 538. The number of nitrogens with zero attached hydrogens (tertiary/aromatic N) is 1. The second kappa shape index (κ2) is 5.31. The van der Waals surface area contributed by atoms with Gasteiger partial charge >= 0.3 is 5.97 Å². The fourth-order valence-corrected chi connectivity index (χ4v) is 1.97. The van der Waals surface area contributed by atoms with E-state index in [2.05, 4.69) is 43.2 Å². The molecule has 1 heterocycles. The normalized spacial score (nSPS) is 10.4. The van der Waals surface area contributed by atoms with Gasteiger partial charge in [-0.2, -0.15) is 12.6 Å². The van der Waals surface area contributed by atoms with Crippen LogP contribution in [0, 0.1) is 13.8 Å². The van der Waals surface area contributed by atoms with Crippen LogP contribution in [0.15, 0.2) is 36.4 Å². The average Bonchev–Trinajstić information content (AvgIpc) is 2.70. The van der Waals surface area contributed by atoms with Gasteiger partial charge in [0.05, 0.1) is 5.75 Å². The lowest BCUT2D eigenvalue weighted by Crippen LogP contribution is -2.09. The number of benzene rings is 1. The van der Waals surface area contributed by atoms with E-state index < -0.39 is 0 Å². The highest BCUT2D eigenvalue weighted by Crippen LogP contribution is 2.19. The van der Waals surface area contributed by atoms with Gasteiger partial charge in [0.1, 0.15) is 5.75 Å². The van der Waals surface area contributed by atoms with E-state index in [4.69, 9.17) is 4.74 Å². The minimum absolute atomic E-state index is 0.0809. The van der Waals surface area contributed by atoms with Crippen LogP contribution in [0.25, 0.3) is 5.69 Å². The van der Waals surface area contributed by atoms with Crippen molar-refractivity contribution in [2.45, 2.75) is 13.8 Å². The molecule has 18 heavy (non-hydrogen) atoms. The van der Waals surface area contributed by atoms with Gasteiger partial charge in [0.15, 0.2) is 0 Å². The van der Waals surface area contributed by atoms with Crippen LogP contribution in [0.1, 0.15) is 11.4 Å². The average molecular weight is 261 g/mol. The molecule has 4 heteroatoms. The van der Waals surface area contributed by atoms with Crippen molar-refractivity contribution in [2.24, 2.45) is 0 Å². The van der Waals surface area contributed by atoms with Crippen LogP contribution in [0.2, 0.25) is 0 Å². The van der Waals surface area contributed by atoms with E-state index in [1.807, 2.05) is 12.1 Å². The molecule has 0 atom stereocenters. The first kappa shape index (κ1) is 12.8. The molecule has 0 bridgehead atoms. The molecule has 0 aliphatic rings. The highest BCUT2D eigenvalue weighted by molar-refractivity contribution is 7.81. The Morgan fingerprint density at radius 1 is 1.11 bits per heavy atom. The van der Waals surface area contributed by atoms with E-state index in [0.29, 0.717) is 5.75 Å². The molecule has 0 fully saturated rings. The molecule has 1 aromatic carbocycles. The fraction of sp³-hybridized carbons (Fsp3) is 0.214. The van der Waals surface area contributed by atoms with Gasteiger partial charge in [-0.15, -0.1) is 0 Å². The number of hydrogen-bond acceptors (Lipinski definition) is 3. The van der Waals surface area contributed by atoms with Crippen LogP contribution in [0.4, 0.5) is 0 Å². The van der Waals surface area contributed by atoms with Gasteiger partial charge < -0.3 is 9.30 Å². The standard InChI is InChI=1S/C14H15NO2S/c1-10-3-4-11(2)15(10)12-5-7-13(8-6-12)17-14(16)9-18/h3-8,18H,9H2,1-2H3. The number of thiol groups is 1. The maximum atomic E-state index is 11.1. The van der Waals surface area contributed by atoms with E-state index in [0.717, 1.165) is 5.69 Å². The molecule has 0 saturated heterocycles. The van der Waals surface area contributed by atoms with Crippen molar-refractivity contribution in [3.8, 4) is 11.4 Å². The quantitative estimate of drug-likeness (QED) is 0.523. The van der Waals surface area contributed by atoms with Gasteiger partial charge in [0.2, 0.25) is 0 Å². The van der Waals surface area contributed by atoms with Gasteiger partial charge in [0, 0.05) is 17.1 Å². The maximum absolute atomic E-state index is 11.1. The Hall–Kier alpha value is -1.68. The Kier molecular flexibility index (Phi) is 3.77. The molecule has 0 amide bonds. The molecule has 0 aliphatic carbocycles. The zero-order valence-electron chi connectivity index (χ0n) is 10.4. The van der Waals surface area contributed by atoms with Crippen molar-refractivity contribution in [3.63, 3.8) is 0 Å². The third-order valence-electron chi connectivity index (χ3n) is 2.73. The zero-order valence-corrected chi connectivity index (χ0v) is 11.3. The van der Waals surface area contributed by atoms with E-state index in [1.54, 1.807) is 12.1 Å². The van der Waals surface area contributed by atoms with Crippen molar-refractivity contribution >= 4 is 18.6 Å². The molecule has 3 nitrogen and oxygen atoms in total. The summed E-state index contributed by atoms with van der Waals surface area (Å²) in [5, 5.41) is 0. The number of aromatic nitrogens is 1. The molecule has 2 aromatic rings. The number of hydrogen-bond donors (Lipinski definition) is 1. The second-order valence-electron chi connectivity index (χ2n) is 4.08. The molecule has 2 rings (SSSR count). The van der Waals surface area contributed by atoms with Crippen LogP contribution in [-0.4, -0.2) is 16.3 Å². The monoisotopic (exact) mass is 261 g/mol. The molecule has 0 aliphatic heterocycles. The molecule has 94 valence electrons. The lowest BCUT2D eigenvalue weighted by molar-refractivity contribution is -0.131. The molecular weight excluding hydrogens is 246 g/mol. The van der Waals surface area contributed by atoms with Crippen molar-refractivity contribution in [2.75, 3.05) is 5.75 Å². The third-order valence-corrected chi connectivity index (χ3v) is 2.99. The number of aryl methyl sites for hydroxylation is 2. The number of carbonyl (C=O) groups excluding carboxylic acids is 1. The summed E-state index contributed by atoms with van der Waals surface area (Å²) in [6.07, 6.45) is 0. The van der Waals surface area contributed by atoms with Crippen molar-refractivity contribution < 1.29 is 9.53 Å². The fourth-order valence-electron chi connectivity index (χ4n) is 1.90. The summed E-state index contributed by atoms with van der Waals surface area (Å²) in [6.45, 7) is 4.11. The van der Waals surface area contributed by atoms with E-state index in [1.165, 1.54) is 11.4 Å². The summed E-state index contributed by atoms with van der Waals surface area (Å²) in [6, 6.07) is 11.6. The molecule has 1 aromatic heterocycles. The number of esters is 1. The Morgan fingerprint density at radius 3 is 2.17 bits per heavy atom. The van der Waals surface area contributed by atoms with Crippen LogP contribution in [-0.2, 0) is 4.79 Å². The van der Waals surface area contributed by atoms with Crippen LogP contribution in [0.3, 0.4) is 0 Å². The van der Waals surface area contributed by atoms with Crippen molar-refractivity contribution in [3.05, 3.63) is 47.8 Å². The molecule has 0 unspecified atom stereocenters. The lowest BCUT2D eigenvalue weighted by Gasteiger charge is -2.10. The summed E-state index contributed by atoms with van der Waals surface area (Å²) < 4.78 is 7.21. The predicted octanol–water partition coefficient (Wildman–Crippen LogP) is 2.93. The highest BCUT2D eigenvalue weighted by atomic mass is 32.1. The topological polar surface area (TPSA) is 31.2 Å². The number of rotatable bonds is 3. The minimum atomic E-state index is -0.348. The Labute approximate surface area is 112 Å². The molecule has 0 radical (unpaired) electrons. The highest BCUT2D eigenvalue weighted by Gasteiger charge is 2.05. The SMILES string of the molecule is Cc1ccc(C)n1-c1ccc(OC(=O)CS)cc1. The molecule has 0 saturated carbocycles. The van der Waals surface area contributed by atoms with Gasteiger partial charge in [-0.3, -0.25) is 4.79 Å². The van der Waals surface area contributed by atoms with Crippen molar-refractivity contribution in [1.82, 2.24) is 4.57 Å². The second-order valence-corrected chi connectivity index (χ2v) is 4.39. The zero-order chi connectivity index (χ0) is 13.1. The van der Waals surface area contributed by atoms with Gasteiger partial charge in [-0.25, -0.2) is 0 Å². The number of ether oxygens (including phenoxy) is 1. The molecule has 0 N–H and O–H groups in total. The summed E-state index contributed by atoms with van der Waals surface area (Å²) in [5.74, 6) is 0.275. The largest absolute Gasteiger partial charge is 0.426 e. The molecular formula is C14H15NO2S. The lowest BCUT2D eigenvalue weighted by atomic mass is 10.3. The maximum Gasteiger partial charge on any atom is 0.321 e. The first-order valence-electron chi connectivity index (χ1n) is 5.69. The Morgan fingerprint density at radius 2 is 1.67 bits per heavy atom. The Balaban J connectivity index is 2.25. The molecule has 0 spiro atoms. The summed E-state index contributed by atoms with van der Waals surface area (Å²) in [5.41, 5.74) is 3.40. The van der Waals surface area contributed by atoms with E-state index >= 15 is 0 Å². The van der Waals surface area contributed by atoms with Crippen LogP contribution < -0.4 is 4.74 Å². The van der Waals surface area contributed by atoms with E-state index in [9.17, 15) is 4.79 Å².